The third kappa shape index (κ3) is 4.22. The number of H-pyrrole nitrogens is 1. The molecule has 0 aliphatic heterocycles. The second-order valence-corrected chi connectivity index (χ2v) is 8.37. The van der Waals surface area contributed by atoms with Crippen molar-refractivity contribution in [1.82, 2.24) is 20.0 Å². The monoisotopic (exact) mass is 433 g/mol. The van der Waals surface area contributed by atoms with E-state index in [-0.39, 0.29) is 5.41 Å². The number of carbonyl (C=O) groups excluding carboxylic acids is 1. The predicted octanol–water partition coefficient (Wildman–Crippen LogP) is 2.96. The van der Waals surface area contributed by atoms with Gasteiger partial charge in [-0.25, -0.2) is 4.68 Å². The first kappa shape index (κ1) is 20.4. The third-order valence-electron chi connectivity index (χ3n) is 4.86. The van der Waals surface area contributed by atoms with Gasteiger partial charge in [0.1, 0.15) is 5.01 Å². The van der Waals surface area contributed by atoms with Crippen LogP contribution in [0.4, 0.5) is 5.13 Å². The van der Waals surface area contributed by atoms with E-state index in [1.54, 1.807) is 18.2 Å². The second-order valence-electron chi connectivity index (χ2n) is 7.39. The molecule has 0 fully saturated rings. The minimum absolute atomic E-state index is 0.313. The maximum Gasteiger partial charge on any atom is 0.269 e. The van der Waals surface area contributed by atoms with Gasteiger partial charge in [0.15, 0.2) is 0 Å². The Labute approximate surface area is 181 Å². The molecule has 0 saturated heterocycles. The topological polar surface area (TPSA) is 110 Å². The van der Waals surface area contributed by atoms with Crippen LogP contribution in [0.1, 0.15) is 34.8 Å². The summed E-state index contributed by atoms with van der Waals surface area (Å²) in [5.41, 5.74) is 0.596. The lowest BCUT2D eigenvalue weighted by atomic mass is 9.85. The largest absolute Gasteiger partial charge is 0.296 e. The Morgan fingerprint density at radius 2 is 1.77 bits per heavy atom. The van der Waals surface area contributed by atoms with Gasteiger partial charge >= 0.3 is 0 Å². The van der Waals surface area contributed by atoms with Crippen LogP contribution >= 0.6 is 11.3 Å². The molecule has 4 rings (SSSR count). The molecule has 2 N–H and O–H groups in total. The van der Waals surface area contributed by atoms with Crippen LogP contribution < -0.4 is 16.4 Å². The van der Waals surface area contributed by atoms with Crippen LogP contribution in [0.15, 0.2) is 76.3 Å². The molecule has 2 aromatic carbocycles. The third-order valence-corrected chi connectivity index (χ3v) is 6.02. The van der Waals surface area contributed by atoms with Crippen molar-refractivity contribution in [2.24, 2.45) is 0 Å². The highest BCUT2D eigenvalue weighted by atomic mass is 32.1. The fraction of sp³-hybridized carbons (Fsp3) is 0.136. The Kier molecular flexibility index (Phi) is 5.35. The van der Waals surface area contributed by atoms with Crippen LogP contribution in [-0.2, 0) is 5.41 Å². The molecule has 156 valence electrons. The number of carbonyl (C=O) groups is 1. The first-order chi connectivity index (χ1) is 14.8. The van der Waals surface area contributed by atoms with Crippen LogP contribution in [0.25, 0.3) is 5.69 Å². The van der Waals surface area contributed by atoms with Gasteiger partial charge in [-0.2, -0.15) is 0 Å². The number of anilines is 1. The summed E-state index contributed by atoms with van der Waals surface area (Å²) in [5.74, 6) is -0.395. The van der Waals surface area contributed by atoms with E-state index in [0.717, 1.165) is 21.3 Å². The summed E-state index contributed by atoms with van der Waals surface area (Å²) in [5, 5.41) is 14.7. The number of aromatic nitrogens is 4. The van der Waals surface area contributed by atoms with Gasteiger partial charge in [0, 0.05) is 23.1 Å². The summed E-state index contributed by atoms with van der Waals surface area (Å²) >= 11 is 1.31. The smallest absolute Gasteiger partial charge is 0.269 e. The van der Waals surface area contributed by atoms with Gasteiger partial charge < -0.3 is 0 Å². The zero-order chi connectivity index (χ0) is 22.0. The van der Waals surface area contributed by atoms with Crippen molar-refractivity contribution in [2.75, 3.05) is 5.32 Å². The van der Waals surface area contributed by atoms with E-state index in [1.165, 1.54) is 23.5 Å². The lowest BCUT2D eigenvalue weighted by Crippen LogP contribution is -2.26. The van der Waals surface area contributed by atoms with E-state index in [4.69, 9.17) is 0 Å². The van der Waals surface area contributed by atoms with E-state index in [0.29, 0.717) is 16.4 Å². The summed E-state index contributed by atoms with van der Waals surface area (Å²) in [6.45, 7) is 4.10. The molecule has 2 aromatic heterocycles. The first-order valence-corrected chi connectivity index (χ1v) is 10.3. The molecule has 0 radical (unpaired) electrons. The number of rotatable bonds is 5. The Balaban J connectivity index is 1.57. The Hall–Kier alpha value is -3.85. The Morgan fingerprint density at radius 3 is 2.55 bits per heavy atom. The quantitative estimate of drug-likeness (QED) is 0.503. The molecule has 0 unspecified atom stereocenters. The van der Waals surface area contributed by atoms with E-state index in [1.807, 2.05) is 30.3 Å². The minimum Gasteiger partial charge on any atom is -0.296 e. The Morgan fingerprint density at radius 1 is 1.00 bits per heavy atom. The molecule has 0 aliphatic rings. The lowest BCUT2D eigenvalue weighted by Gasteiger charge is -2.21. The molecular formula is C22H19N5O3S. The fourth-order valence-electron chi connectivity index (χ4n) is 3.08. The van der Waals surface area contributed by atoms with Crippen LogP contribution in [0, 0.1) is 0 Å². The molecule has 31 heavy (non-hydrogen) atoms. The number of hydrogen-bond acceptors (Lipinski definition) is 6. The second kappa shape index (κ2) is 8.11. The summed E-state index contributed by atoms with van der Waals surface area (Å²) in [6.07, 6.45) is 0. The molecule has 2 heterocycles. The molecule has 0 atom stereocenters. The molecular weight excluding hydrogens is 414 g/mol. The maximum atomic E-state index is 12.7. The zero-order valence-corrected chi connectivity index (χ0v) is 17.6. The van der Waals surface area contributed by atoms with Gasteiger partial charge in [0.25, 0.3) is 17.0 Å². The number of aromatic amines is 1. The number of amides is 1. The molecule has 9 heteroatoms. The van der Waals surface area contributed by atoms with Crippen molar-refractivity contribution < 1.29 is 4.79 Å². The van der Waals surface area contributed by atoms with E-state index >= 15 is 0 Å². The highest BCUT2D eigenvalue weighted by Crippen LogP contribution is 2.34. The van der Waals surface area contributed by atoms with Gasteiger partial charge in [-0.05, 0) is 37.6 Å². The summed E-state index contributed by atoms with van der Waals surface area (Å²) in [6, 6.07) is 18.7. The van der Waals surface area contributed by atoms with Gasteiger partial charge in [0.05, 0.1) is 5.69 Å². The number of hydrogen-bond donors (Lipinski definition) is 2. The van der Waals surface area contributed by atoms with Crippen molar-refractivity contribution in [2.45, 2.75) is 19.3 Å². The predicted molar refractivity (Wildman–Crippen MR) is 119 cm³/mol. The normalized spacial score (nSPS) is 11.3. The van der Waals surface area contributed by atoms with Crippen LogP contribution in [-0.4, -0.2) is 25.9 Å². The number of nitrogens with zero attached hydrogens (tertiary/aromatic N) is 3. The number of nitrogens with one attached hydrogen (secondary N) is 2. The molecule has 0 bridgehead atoms. The summed E-state index contributed by atoms with van der Waals surface area (Å²) in [7, 11) is 0. The summed E-state index contributed by atoms with van der Waals surface area (Å²) in [4.78, 5) is 36.3. The molecule has 1 amide bonds. The van der Waals surface area contributed by atoms with Gasteiger partial charge in [0.2, 0.25) is 5.13 Å². The van der Waals surface area contributed by atoms with Crippen molar-refractivity contribution in [3.05, 3.63) is 104 Å². The molecule has 0 saturated carbocycles. The van der Waals surface area contributed by atoms with E-state index in [2.05, 4.69) is 34.5 Å². The zero-order valence-electron chi connectivity index (χ0n) is 16.8. The highest BCUT2D eigenvalue weighted by Gasteiger charge is 2.27. The lowest BCUT2D eigenvalue weighted by molar-refractivity contribution is 0.102. The van der Waals surface area contributed by atoms with E-state index < -0.39 is 17.0 Å². The fourth-order valence-corrected chi connectivity index (χ4v) is 3.94. The van der Waals surface area contributed by atoms with Crippen LogP contribution in [0.5, 0.6) is 0 Å². The van der Waals surface area contributed by atoms with Crippen molar-refractivity contribution in [3.63, 3.8) is 0 Å². The van der Waals surface area contributed by atoms with E-state index in [9.17, 15) is 14.4 Å². The van der Waals surface area contributed by atoms with Crippen molar-refractivity contribution in [3.8, 4) is 5.69 Å². The van der Waals surface area contributed by atoms with Crippen LogP contribution in [0.3, 0.4) is 0 Å². The molecule has 0 spiro atoms. The molecule has 0 aliphatic carbocycles. The highest BCUT2D eigenvalue weighted by molar-refractivity contribution is 7.15. The standard InChI is InChI=1S/C22H19N5O3S/c1-22(2,15-8-4-3-5-9-15)20-24-25-21(31-20)23-19(30)14-7-6-10-16(13-14)27-18(29)12-11-17(28)26-27/h3-13H,1-2H3,(H,26,28)(H,23,25,30). The van der Waals surface area contributed by atoms with Crippen molar-refractivity contribution in [1.29, 1.82) is 0 Å². The van der Waals surface area contributed by atoms with Gasteiger partial charge in [-0.1, -0.05) is 47.7 Å². The maximum absolute atomic E-state index is 12.7. The van der Waals surface area contributed by atoms with Crippen molar-refractivity contribution >= 4 is 22.4 Å². The summed E-state index contributed by atoms with van der Waals surface area (Å²) < 4.78 is 1.09. The SMILES string of the molecule is CC(C)(c1ccccc1)c1nnc(NC(=O)c2cccc(-n3[nH]c(=O)ccc3=O)c2)s1. The minimum atomic E-state index is -0.420. The van der Waals surface area contributed by atoms with Gasteiger partial charge in [-0.15, -0.1) is 10.2 Å². The Bertz CT molecular complexity index is 1360. The molecule has 8 nitrogen and oxygen atoms in total. The molecule has 4 aromatic rings. The van der Waals surface area contributed by atoms with Gasteiger partial charge in [-0.3, -0.25) is 24.8 Å². The van der Waals surface area contributed by atoms with Crippen LogP contribution in [0.2, 0.25) is 0 Å². The number of benzene rings is 2. The average Bonchev–Trinajstić information content (AvgIpc) is 3.25. The first-order valence-electron chi connectivity index (χ1n) is 9.48. The average molecular weight is 433 g/mol.